The zero-order valence-corrected chi connectivity index (χ0v) is 10.3. The highest BCUT2D eigenvalue weighted by Gasteiger charge is 2.11. The summed E-state index contributed by atoms with van der Waals surface area (Å²) in [7, 11) is 0. The van der Waals surface area contributed by atoms with E-state index in [2.05, 4.69) is 13.8 Å². The van der Waals surface area contributed by atoms with E-state index in [0.717, 1.165) is 17.7 Å². The van der Waals surface area contributed by atoms with Gasteiger partial charge in [0.2, 0.25) is 0 Å². The summed E-state index contributed by atoms with van der Waals surface area (Å²) < 4.78 is 0. The third-order valence-corrected chi connectivity index (χ3v) is 3.80. The predicted octanol–water partition coefficient (Wildman–Crippen LogP) is 3.21. The summed E-state index contributed by atoms with van der Waals surface area (Å²) in [6, 6.07) is 4.93. The smallest absolute Gasteiger partial charge is 0.292 e. The summed E-state index contributed by atoms with van der Waals surface area (Å²) in [5.74, 6) is 0.844. The van der Waals surface area contributed by atoms with Crippen LogP contribution in [0.15, 0.2) is 18.2 Å². The van der Waals surface area contributed by atoms with E-state index in [1.54, 1.807) is 12.1 Å². The fraction of sp³-hybridized carbons (Fsp3) is 0.455. The van der Waals surface area contributed by atoms with Gasteiger partial charge in [-0.15, -0.1) is 0 Å². The van der Waals surface area contributed by atoms with Crippen molar-refractivity contribution in [2.24, 2.45) is 0 Å². The minimum absolute atomic E-state index is 0.0164. The van der Waals surface area contributed by atoms with Crippen LogP contribution in [0.3, 0.4) is 0 Å². The molecular formula is C11H16N2O2S. The van der Waals surface area contributed by atoms with Crippen LogP contribution in [0, 0.1) is 10.1 Å². The number of nitro benzene ring substituents is 1. The highest BCUT2D eigenvalue weighted by Crippen LogP contribution is 2.26. The van der Waals surface area contributed by atoms with E-state index < -0.39 is 4.92 Å². The molecule has 4 nitrogen and oxygen atoms in total. The van der Waals surface area contributed by atoms with Crippen molar-refractivity contribution in [1.82, 2.24) is 0 Å². The van der Waals surface area contributed by atoms with Gasteiger partial charge in [-0.2, -0.15) is 11.8 Å². The van der Waals surface area contributed by atoms with E-state index in [1.807, 2.05) is 11.8 Å². The lowest BCUT2D eigenvalue weighted by Crippen LogP contribution is -1.98. The fourth-order valence-corrected chi connectivity index (χ4v) is 2.11. The fourth-order valence-electron chi connectivity index (χ4n) is 1.22. The van der Waals surface area contributed by atoms with Crippen molar-refractivity contribution in [2.45, 2.75) is 31.3 Å². The number of hydrogen-bond acceptors (Lipinski definition) is 4. The van der Waals surface area contributed by atoms with Crippen molar-refractivity contribution in [3.63, 3.8) is 0 Å². The lowest BCUT2D eigenvalue weighted by molar-refractivity contribution is -0.383. The molecule has 0 heterocycles. The summed E-state index contributed by atoms with van der Waals surface area (Å²) in [6.45, 7) is 4.31. The molecule has 0 spiro atoms. The van der Waals surface area contributed by atoms with Crippen LogP contribution in [0.25, 0.3) is 0 Å². The Morgan fingerprint density at radius 2 is 2.25 bits per heavy atom. The molecule has 0 amide bonds. The summed E-state index contributed by atoms with van der Waals surface area (Å²) >= 11 is 1.83. The lowest BCUT2D eigenvalue weighted by Gasteiger charge is -2.08. The number of hydrogen-bond donors (Lipinski definition) is 1. The van der Waals surface area contributed by atoms with Crippen LogP contribution in [0.5, 0.6) is 0 Å². The number of anilines is 1. The number of rotatable bonds is 5. The Labute approximate surface area is 99.4 Å². The predicted molar refractivity (Wildman–Crippen MR) is 68.6 cm³/mol. The first-order chi connectivity index (χ1) is 7.54. The highest BCUT2D eigenvalue weighted by atomic mass is 32.2. The highest BCUT2D eigenvalue weighted by molar-refractivity contribution is 7.99. The zero-order chi connectivity index (χ0) is 12.1. The van der Waals surface area contributed by atoms with Gasteiger partial charge in [0.05, 0.1) is 4.92 Å². The van der Waals surface area contributed by atoms with Gasteiger partial charge in [-0.25, -0.2) is 0 Å². The molecule has 5 heteroatoms. The molecule has 0 radical (unpaired) electrons. The molecule has 0 aliphatic heterocycles. The second kappa shape index (κ2) is 5.75. The van der Waals surface area contributed by atoms with Crippen molar-refractivity contribution in [2.75, 3.05) is 5.73 Å². The third kappa shape index (κ3) is 3.41. The monoisotopic (exact) mass is 240 g/mol. The third-order valence-electron chi connectivity index (χ3n) is 2.40. The van der Waals surface area contributed by atoms with Gasteiger partial charge in [-0.1, -0.05) is 19.9 Å². The molecule has 0 aromatic heterocycles. The average Bonchev–Trinajstić information content (AvgIpc) is 2.25. The Morgan fingerprint density at radius 1 is 1.56 bits per heavy atom. The van der Waals surface area contributed by atoms with Crippen molar-refractivity contribution in [1.29, 1.82) is 0 Å². The molecule has 0 saturated carbocycles. The summed E-state index contributed by atoms with van der Waals surface area (Å²) in [4.78, 5) is 10.1. The second-order valence-electron chi connectivity index (χ2n) is 3.68. The Hall–Kier alpha value is -1.23. The Kier molecular flexibility index (Phi) is 4.61. The number of nitrogens with two attached hydrogens (primary N) is 1. The second-order valence-corrected chi connectivity index (χ2v) is 5.11. The van der Waals surface area contributed by atoms with Gasteiger partial charge in [-0.3, -0.25) is 10.1 Å². The lowest BCUT2D eigenvalue weighted by atomic mass is 10.2. The molecule has 16 heavy (non-hydrogen) atoms. The van der Waals surface area contributed by atoms with Crippen molar-refractivity contribution < 1.29 is 4.92 Å². The van der Waals surface area contributed by atoms with Crippen LogP contribution < -0.4 is 5.73 Å². The Bertz CT molecular complexity index is 382. The van der Waals surface area contributed by atoms with Crippen molar-refractivity contribution >= 4 is 23.1 Å². The first-order valence-corrected chi connectivity index (χ1v) is 6.23. The van der Waals surface area contributed by atoms with Crippen LogP contribution in [0.1, 0.15) is 25.8 Å². The van der Waals surface area contributed by atoms with Gasteiger partial charge in [0, 0.05) is 17.1 Å². The molecule has 2 N–H and O–H groups in total. The molecule has 1 aromatic rings. The largest absolute Gasteiger partial charge is 0.393 e. The average molecular weight is 240 g/mol. The summed E-state index contributed by atoms with van der Waals surface area (Å²) in [6.07, 6.45) is 1.12. The van der Waals surface area contributed by atoms with Gasteiger partial charge in [0.25, 0.3) is 5.69 Å². The summed E-state index contributed by atoms with van der Waals surface area (Å²) in [5.41, 5.74) is 6.87. The first-order valence-electron chi connectivity index (χ1n) is 5.19. The van der Waals surface area contributed by atoms with Gasteiger partial charge in [0.15, 0.2) is 0 Å². The quantitative estimate of drug-likeness (QED) is 0.487. The molecule has 0 bridgehead atoms. The number of benzene rings is 1. The van der Waals surface area contributed by atoms with E-state index in [0.29, 0.717) is 5.25 Å². The van der Waals surface area contributed by atoms with Crippen molar-refractivity contribution in [3.05, 3.63) is 33.9 Å². The minimum atomic E-state index is -0.457. The maximum absolute atomic E-state index is 10.6. The number of thioether (sulfide) groups is 1. The van der Waals surface area contributed by atoms with Gasteiger partial charge >= 0.3 is 0 Å². The number of nitrogens with zero attached hydrogens (tertiary/aromatic N) is 1. The van der Waals surface area contributed by atoms with Crippen LogP contribution in [0.2, 0.25) is 0 Å². The topological polar surface area (TPSA) is 69.2 Å². The Morgan fingerprint density at radius 3 is 2.75 bits per heavy atom. The maximum Gasteiger partial charge on any atom is 0.292 e. The number of nitro groups is 1. The van der Waals surface area contributed by atoms with Crippen LogP contribution in [-0.2, 0) is 5.75 Å². The van der Waals surface area contributed by atoms with Gasteiger partial charge in [-0.05, 0) is 18.1 Å². The van der Waals surface area contributed by atoms with Crippen LogP contribution >= 0.6 is 11.8 Å². The summed E-state index contributed by atoms with van der Waals surface area (Å²) in [5, 5.41) is 11.2. The van der Waals surface area contributed by atoms with Gasteiger partial charge < -0.3 is 5.73 Å². The van der Waals surface area contributed by atoms with Crippen molar-refractivity contribution in [3.8, 4) is 0 Å². The van der Waals surface area contributed by atoms with Crippen LogP contribution in [0.4, 0.5) is 11.4 Å². The SMILES string of the molecule is CCC(C)SCc1ccc([N+](=O)[O-])c(N)c1. The first kappa shape index (κ1) is 12.8. The molecular weight excluding hydrogens is 224 g/mol. The molecule has 1 rings (SSSR count). The molecule has 0 fully saturated rings. The zero-order valence-electron chi connectivity index (χ0n) is 9.47. The standard InChI is InChI=1S/C11H16N2O2S/c1-3-8(2)16-7-9-4-5-11(13(14)15)10(12)6-9/h4-6,8H,3,7,12H2,1-2H3. The van der Waals surface area contributed by atoms with Crippen LogP contribution in [-0.4, -0.2) is 10.2 Å². The van der Waals surface area contributed by atoms with Gasteiger partial charge in [0.1, 0.15) is 5.69 Å². The maximum atomic E-state index is 10.6. The number of nitrogen functional groups attached to an aromatic ring is 1. The Balaban J connectivity index is 2.70. The molecule has 1 atom stereocenters. The molecule has 0 aliphatic carbocycles. The molecule has 1 aromatic carbocycles. The molecule has 0 aliphatic rings. The van der Waals surface area contributed by atoms with E-state index in [1.165, 1.54) is 6.07 Å². The molecule has 1 unspecified atom stereocenters. The molecule has 88 valence electrons. The van der Waals surface area contributed by atoms with E-state index in [-0.39, 0.29) is 11.4 Å². The van der Waals surface area contributed by atoms with E-state index in [9.17, 15) is 10.1 Å². The van der Waals surface area contributed by atoms with E-state index >= 15 is 0 Å². The molecule has 0 saturated heterocycles. The van der Waals surface area contributed by atoms with E-state index in [4.69, 9.17) is 5.73 Å². The normalized spacial score (nSPS) is 12.4. The minimum Gasteiger partial charge on any atom is -0.393 e.